The number of halogens is 1. The van der Waals surface area contributed by atoms with Gasteiger partial charge in [0.05, 0.1) is 7.11 Å². The highest BCUT2D eigenvalue weighted by Crippen LogP contribution is 2.24. The summed E-state index contributed by atoms with van der Waals surface area (Å²) in [5, 5.41) is 3.16. The van der Waals surface area contributed by atoms with E-state index >= 15 is 0 Å². The highest BCUT2D eigenvalue weighted by molar-refractivity contribution is 6.30. The van der Waals surface area contributed by atoms with E-state index in [9.17, 15) is 9.59 Å². The number of methoxy groups -OCH3 is 1. The number of hydrogen-bond donors (Lipinski definition) is 2. The van der Waals surface area contributed by atoms with Crippen LogP contribution in [0.25, 0.3) is 0 Å². The van der Waals surface area contributed by atoms with E-state index in [1.54, 1.807) is 31.4 Å². The highest BCUT2D eigenvalue weighted by atomic mass is 35.5. The molecule has 0 aliphatic carbocycles. The van der Waals surface area contributed by atoms with E-state index in [0.717, 1.165) is 24.4 Å². The Labute approximate surface area is 169 Å². The smallest absolute Gasteiger partial charge is 0.316 e. The first-order valence-corrected chi connectivity index (χ1v) is 9.34. The number of nitrogens with one attached hydrogen (secondary N) is 1. The van der Waals surface area contributed by atoms with Crippen molar-refractivity contribution < 1.29 is 14.3 Å². The second-order valence-electron chi connectivity index (χ2n) is 6.59. The van der Waals surface area contributed by atoms with Gasteiger partial charge in [-0.05, 0) is 36.4 Å². The van der Waals surface area contributed by atoms with Gasteiger partial charge in [-0.1, -0.05) is 17.7 Å². The van der Waals surface area contributed by atoms with Gasteiger partial charge >= 0.3 is 6.03 Å². The molecule has 0 saturated carbocycles. The Hall–Kier alpha value is -2.77. The lowest BCUT2D eigenvalue weighted by Gasteiger charge is -2.35. The second-order valence-corrected chi connectivity index (χ2v) is 7.03. The molecule has 3 rings (SSSR count). The van der Waals surface area contributed by atoms with E-state index in [0.29, 0.717) is 35.9 Å². The maximum atomic E-state index is 12.8. The molecule has 0 atom stereocenters. The van der Waals surface area contributed by atoms with Crippen molar-refractivity contribution in [3.05, 3.63) is 58.6 Å². The van der Waals surface area contributed by atoms with Crippen molar-refractivity contribution in [3.63, 3.8) is 0 Å². The quantitative estimate of drug-likeness (QED) is 0.804. The number of nitrogens with zero attached hydrogens (tertiary/aromatic N) is 2. The summed E-state index contributed by atoms with van der Waals surface area (Å²) < 4.78 is 5.41. The molecule has 1 aliphatic rings. The van der Waals surface area contributed by atoms with Crippen LogP contribution in [0.3, 0.4) is 0 Å². The van der Waals surface area contributed by atoms with E-state index in [1.165, 1.54) is 0 Å². The van der Waals surface area contributed by atoms with E-state index in [1.807, 2.05) is 23.1 Å². The van der Waals surface area contributed by atoms with Gasteiger partial charge in [0.25, 0.3) is 5.91 Å². The van der Waals surface area contributed by atoms with Crippen LogP contribution in [0.15, 0.2) is 42.5 Å². The third kappa shape index (κ3) is 4.94. The molecule has 28 heavy (non-hydrogen) atoms. The summed E-state index contributed by atoms with van der Waals surface area (Å²) >= 11 is 6.11. The summed E-state index contributed by atoms with van der Waals surface area (Å²) in [7, 11) is 1.64. The lowest BCUT2D eigenvalue weighted by atomic mass is 10.1. The van der Waals surface area contributed by atoms with Crippen LogP contribution in [0.4, 0.5) is 10.5 Å². The number of piperazine rings is 1. The minimum absolute atomic E-state index is 0.0619. The molecule has 2 aromatic rings. The van der Waals surface area contributed by atoms with E-state index in [2.05, 4.69) is 10.2 Å². The minimum Gasteiger partial charge on any atom is -0.496 e. The summed E-state index contributed by atoms with van der Waals surface area (Å²) in [5.41, 5.74) is 7.19. The Morgan fingerprint density at radius 2 is 1.89 bits per heavy atom. The van der Waals surface area contributed by atoms with Crippen molar-refractivity contribution in [1.29, 1.82) is 0 Å². The summed E-state index contributed by atoms with van der Waals surface area (Å²) in [6, 6.07) is 11.7. The van der Waals surface area contributed by atoms with Crippen molar-refractivity contribution >= 4 is 29.2 Å². The summed E-state index contributed by atoms with van der Waals surface area (Å²) in [4.78, 5) is 27.9. The number of carbonyl (C=O) groups excluding carboxylic acids is 2. The summed E-state index contributed by atoms with van der Waals surface area (Å²) in [6.45, 7) is 3.45. The zero-order chi connectivity index (χ0) is 20.1. The Kier molecular flexibility index (Phi) is 6.38. The maximum Gasteiger partial charge on any atom is 0.316 e. The third-order valence-corrected chi connectivity index (χ3v) is 4.91. The number of amides is 3. The number of carbonyl (C=O) groups is 2. The fourth-order valence-electron chi connectivity index (χ4n) is 3.28. The van der Waals surface area contributed by atoms with Crippen molar-refractivity contribution in [2.24, 2.45) is 5.73 Å². The predicted molar refractivity (Wildman–Crippen MR) is 109 cm³/mol. The average Bonchev–Trinajstić information content (AvgIpc) is 2.68. The molecule has 1 aliphatic heterocycles. The van der Waals surface area contributed by atoms with Gasteiger partial charge in [-0.15, -0.1) is 0 Å². The van der Waals surface area contributed by atoms with Crippen molar-refractivity contribution in [2.45, 2.75) is 6.54 Å². The monoisotopic (exact) mass is 402 g/mol. The molecule has 0 unspecified atom stereocenters. The van der Waals surface area contributed by atoms with E-state index in [-0.39, 0.29) is 5.91 Å². The number of anilines is 1. The van der Waals surface area contributed by atoms with Crippen molar-refractivity contribution in [1.82, 2.24) is 9.80 Å². The van der Waals surface area contributed by atoms with Crippen LogP contribution in [0, 0.1) is 0 Å². The predicted octanol–water partition coefficient (Wildman–Crippen LogP) is 2.80. The molecule has 0 spiro atoms. The topological polar surface area (TPSA) is 87.9 Å². The molecular weight excluding hydrogens is 380 g/mol. The first kappa shape index (κ1) is 20.0. The van der Waals surface area contributed by atoms with Gasteiger partial charge in [-0.2, -0.15) is 0 Å². The molecule has 0 aromatic heterocycles. The summed E-state index contributed by atoms with van der Waals surface area (Å²) in [6.07, 6.45) is 0. The number of primary amides is 1. The fourth-order valence-corrected chi connectivity index (χ4v) is 3.47. The molecule has 2 aromatic carbocycles. The lowest BCUT2D eigenvalue weighted by molar-refractivity contribution is 0.0627. The van der Waals surface area contributed by atoms with Gasteiger partial charge in [0, 0.05) is 54.6 Å². The number of urea groups is 1. The van der Waals surface area contributed by atoms with Gasteiger partial charge in [-0.25, -0.2) is 4.79 Å². The molecule has 3 amide bonds. The van der Waals surface area contributed by atoms with Crippen LogP contribution >= 0.6 is 11.6 Å². The highest BCUT2D eigenvalue weighted by Gasteiger charge is 2.23. The number of ether oxygens (including phenoxy) is 1. The van der Waals surface area contributed by atoms with Crippen LogP contribution in [0.5, 0.6) is 5.75 Å². The number of rotatable bonds is 5. The zero-order valence-electron chi connectivity index (χ0n) is 15.7. The van der Waals surface area contributed by atoms with Crippen LogP contribution < -0.4 is 15.8 Å². The molecule has 148 valence electrons. The van der Waals surface area contributed by atoms with Crippen LogP contribution in [0.1, 0.15) is 15.9 Å². The van der Waals surface area contributed by atoms with Crippen LogP contribution in [0.2, 0.25) is 5.02 Å². The molecular formula is C20H23ClN4O3. The first-order chi connectivity index (χ1) is 13.5. The lowest BCUT2D eigenvalue weighted by Crippen LogP contribution is -2.48. The molecule has 1 fully saturated rings. The number of hydrogen-bond acceptors (Lipinski definition) is 4. The molecule has 0 bridgehead atoms. The Balaban J connectivity index is 1.60. The Morgan fingerprint density at radius 3 is 2.57 bits per heavy atom. The minimum atomic E-state index is -0.658. The standard InChI is InChI=1S/C20H23ClN4O3/c1-28-18-6-5-16(21)11-15(18)13-24-7-9-25(10-8-24)19(26)14-3-2-4-17(12-14)23-20(22)27/h2-6,11-12H,7-10,13H2,1H3,(H3,22,23,27). The van der Waals surface area contributed by atoms with Crippen molar-refractivity contribution in [2.75, 3.05) is 38.6 Å². The third-order valence-electron chi connectivity index (χ3n) is 4.67. The van der Waals surface area contributed by atoms with Crippen molar-refractivity contribution in [3.8, 4) is 5.75 Å². The van der Waals surface area contributed by atoms with E-state index < -0.39 is 6.03 Å². The van der Waals surface area contributed by atoms with Crippen LogP contribution in [-0.4, -0.2) is 55.0 Å². The normalized spacial score (nSPS) is 14.6. The molecule has 1 heterocycles. The second kappa shape index (κ2) is 8.95. The van der Waals surface area contributed by atoms with Gasteiger partial charge in [0.1, 0.15) is 5.75 Å². The largest absolute Gasteiger partial charge is 0.496 e. The van der Waals surface area contributed by atoms with Crippen LogP contribution in [-0.2, 0) is 6.54 Å². The van der Waals surface area contributed by atoms with Gasteiger partial charge in [0.2, 0.25) is 0 Å². The van der Waals surface area contributed by atoms with E-state index in [4.69, 9.17) is 22.1 Å². The summed E-state index contributed by atoms with van der Waals surface area (Å²) in [5.74, 6) is 0.745. The Bertz CT molecular complexity index is 866. The fraction of sp³-hybridized carbons (Fsp3) is 0.300. The molecule has 7 nitrogen and oxygen atoms in total. The SMILES string of the molecule is COc1ccc(Cl)cc1CN1CCN(C(=O)c2cccc(NC(N)=O)c2)CC1. The Morgan fingerprint density at radius 1 is 1.14 bits per heavy atom. The molecule has 8 heteroatoms. The van der Waals surface area contributed by atoms with Gasteiger partial charge in [0.15, 0.2) is 0 Å². The molecule has 0 radical (unpaired) electrons. The molecule has 3 N–H and O–H groups in total. The van der Waals surface area contributed by atoms with Gasteiger partial charge < -0.3 is 20.7 Å². The first-order valence-electron chi connectivity index (χ1n) is 8.97. The average molecular weight is 403 g/mol. The zero-order valence-corrected chi connectivity index (χ0v) is 16.4. The number of nitrogens with two attached hydrogens (primary N) is 1. The maximum absolute atomic E-state index is 12.8. The van der Waals surface area contributed by atoms with Gasteiger partial charge in [-0.3, -0.25) is 9.69 Å². The molecule has 1 saturated heterocycles. The number of benzene rings is 2.